The van der Waals surface area contributed by atoms with E-state index in [1.54, 1.807) is 6.92 Å². The highest BCUT2D eigenvalue weighted by molar-refractivity contribution is 5.78. The average molecular weight is 384 g/mol. The maximum absolute atomic E-state index is 12.8. The number of likely N-dealkylation sites (tertiary alicyclic amines) is 1. The molecule has 0 unspecified atom stereocenters. The van der Waals surface area contributed by atoms with Gasteiger partial charge in [-0.1, -0.05) is 23.8 Å². The van der Waals surface area contributed by atoms with Gasteiger partial charge in [0.2, 0.25) is 11.8 Å². The van der Waals surface area contributed by atoms with Crippen LogP contribution < -0.4 is 5.32 Å². The van der Waals surface area contributed by atoms with Gasteiger partial charge in [-0.3, -0.25) is 14.5 Å². The summed E-state index contributed by atoms with van der Waals surface area (Å²) in [7, 11) is 0. The summed E-state index contributed by atoms with van der Waals surface area (Å²) in [6, 6.07) is 7.22. The van der Waals surface area contributed by atoms with Gasteiger partial charge in [0.05, 0.1) is 6.04 Å². The molecule has 0 radical (unpaired) electrons. The molecule has 0 saturated carbocycles. The van der Waals surface area contributed by atoms with E-state index in [0.717, 1.165) is 32.5 Å². The first-order valence-electron chi connectivity index (χ1n) is 10.8. The fraction of sp³-hybridized carbons (Fsp3) is 0.652. The van der Waals surface area contributed by atoms with Crippen LogP contribution in [-0.2, 0) is 16.1 Å². The molecule has 2 amide bonds. The Balaban J connectivity index is 1.54. The standard InChI is InChI=1S/C23H33N3O2/c1-15-7-8-18(16(2)9-15)12-25-13-19-10-20(14-25)22(11-24-17(3)27)26-21(19)5-4-6-23(26)28/h7-9,19-22H,4-6,10-14H2,1-3H3,(H,24,27)/t19-,20+,21+,22+/m1/s1. The predicted octanol–water partition coefficient (Wildman–Crippen LogP) is 2.64. The number of benzene rings is 1. The number of rotatable bonds is 4. The van der Waals surface area contributed by atoms with Crippen molar-refractivity contribution in [3.05, 3.63) is 34.9 Å². The van der Waals surface area contributed by atoms with Crippen LogP contribution in [0.4, 0.5) is 0 Å². The van der Waals surface area contributed by atoms with Crippen molar-refractivity contribution in [2.45, 2.75) is 65.1 Å². The Labute approximate surface area is 168 Å². The second-order valence-corrected chi connectivity index (χ2v) is 9.14. The van der Waals surface area contributed by atoms with Gasteiger partial charge in [-0.25, -0.2) is 0 Å². The molecule has 152 valence electrons. The smallest absolute Gasteiger partial charge is 0.223 e. The maximum Gasteiger partial charge on any atom is 0.223 e. The Morgan fingerprint density at radius 2 is 2.00 bits per heavy atom. The Bertz CT molecular complexity index is 762. The van der Waals surface area contributed by atoms with E-state index in [2.05, 4.69) is 47.2 Å². The van der Waals surface area contributed by atoms with E-state index in [9.17, 15) is 9.59 Å². The van der Waals surface area contributed by atoms with Crippen molar-refractivity contribution in [1.29, 1.82) is 0 Å². The van der Waals surface area contributed by atoms with Crippen molar-refractivity contribution < 1.29 is 9.59 Å². The first-order valence-corrected chi connectivity index (χ1v) is 10.8. The van der Waals surface area contributed by atoms with Crippen LogP contribution in [0.1, 0.15) is 49.3 Å². The number of nitrogens with zero attached hydrogens (tertiary/aromatic N) is 2. The molecule has 1 N–H and O–H groups in total. The zero-order valence-electron chi connectivity index (χ0n) is 17.4. The predicted molar refractivity (Wildman–Crippen MR) is 110 cm³/mol. The lowest BCUT2D eigenvalue weighted by atomic mass is 9.72. The number of piperidine rings is 3. The molecule has 0 spiro atoms. The van der Waals surface area contributed by atoms with Crippen molar-refractivity contribution in [3.8, 4) is 0 Å². The van der Waals surface area contributed by atoms with Gasteiger partial charge in [0.15, 0.2) is 0 Å². The van der Waals surface area contributed by atoms with E-state index in [-0.39, 0.29) is 11.9 Å². The normalized spacial score (nSPS) is 30.1. The van der Waals surface area contributed by atoms with Gasteiger partial charge >= 0.3 is 0 Å². The van der Waals surface area contributed by atoms with Crippen LogP contribution >= 0.6 is 0 Å². The fourth-order valence-electron chi connectivity index (χ4n) is 5.78. The number of aryl methyl sites for hydroxylation is 2. The first kappa shape index (κ1) is 19.4. The summed E-state index contributed by atoms with van der Waals surface area (Å²) in [5.41, 5.74) is 4.07. The Morgan fingerprint density at radius 1 is 1.21 bits per heavy atom. The monoisotopic (exact) mass is 383 g/mol. The summed E-state index contributed by atoms with van der Waals surface area (Å²) < 4.78 is 0. The molecule has 3 fully saturated rings. The largest absolute Gasteiger partial charge is 0.354 e. The van der Waals surface area contributed by atoms with E-state index < -0.39 is 0 Å². The zero-order valence-corrected chi connectivity index (χ0v) is 17.4. The van der Waals surface area contributed by atoms with Crippen LogP contribution in [0.3, 0.4) is 0 Å². The van der Waals surface area contributed by atoms with Crippen LogP contribution in [0.2, 0.25) is 0 Å². The average Bonchev–Trinajstić information content (AvgIpc) is 2.64. The molecule has 5 heteroatoms. The van der Waals surface area contributed by atoms with Crippen molar-refractivity contribution in [3.63, 3.8) is 0 Å². The quantitative estimate of drug-likeness (QED) is 0.870. The van der Waals surface area contributed by atoms with Crippen LogP contribution in [0.5, 0.6) is 0 Å². The van der Waals surface area contributed by atoms with Gasteiger partial charge in [0, 0.05) is 45.6 Å². The third-order valence-electron chi connectivity index (χ3n) is 7.02. The topological polar surface area (TPSA) is 52.7 Å². The van der Waals surface area contributed by atoms with Gasteiger partial charge in [0.25, 0.3) is 0 Å². The van der Waals surface area contributed by atoms with Crippen molar-refractivity contribution >= 4 is 11.8 Å². The van der Waals surface area contributed by atoms with E-state index in [0.29, 0.717) is 36.8 Å². The van der Waals surface area contributed by atoms with E-state index >= 15 is 0 Å². The third kappa shape index (κ3) is 3.82. The second-order valence-electron chi connectivity index (χ2n) is 9.14. The molecule has 28 heavy (non-hydrogen) atoms. The van der Waals surface area contributed by atoms with Gasteiger partial charge in [-0.15, -0.1) is 0 Å². The number of hydrogen-bond acceptors (Lipinski definition) is 3. The molecule has 2 bridgehead atoms. The molecular weight excluding hydrogens is 350 g/mol. The molecule has 0 aromatic heterocycles. The summed E-state index contributed by atoms with van der Waals surface area (Å²) in [5, 5.41) is 3.00. The highest BCUT2D eigenvalue weighted by atomic mass is 16.2. The SMILES string of the molecule is CC(=O)NC[C@H]1[C@H]2C[C@H](CN(Cc3ccc(C)cc3C)C2)[C@@H]2CCCC(=O)N21. The maximum atomic E-state index is 12.8. The number of carbonyl (C=O) groups excluding carboxylic acids is 2. The zero-order chi connectivity index (χ0) is 19.8. The summed E-state index contributed by atoms with van der Waals surface area (Å²) in [6.45, 7) is 9.56. The van der Waals surface area contributed by atoms with E-state index in [4.69, 9.17) is 0 Å². The summed E-state index contributed by atoms with van der Waals surface area (Å²) in [5.74, 6) is 1.28. The number of carbonyl (C=O) groups is 2. The Hall–Kier alpha value is -1.88. The third-order valence-corrected chi connectivity index (χ3v) is 7.02. The summed E-state index contributed by atoms with van der Waals surface area (Å²) >= 11 is 0. The van der Waals surface area contributed by atoms with Crippen molar-refractivity contribution in [1.82, 2.24) is 15.1 Å². The van der Waals surface area contributed by atoms with Crippen LogP contribution in [0.25, 0.3) is 0 Å². The summed E-state index contributed by atoms with van der Waals surface area (Å²) in [4.78, 5) is 29.1. The highest BCUT2D eigenvalue weighted by Gasteiger charge is 2.49. The molecule has 3 heterocycles. The molecule has 3 saturated heterocycles. The number of amides is 2. The molecule has 5 nitrogen and oxygen atoms in total. The molecule has 4 atom stereocenters. The lowest BCUT2D eigenvalue weighted by molar-refractivity contribution is -0.153. The van der Waals surface area contributed by atoms with Gasteiger partial charge in [-0.2, -0.15) is 0 Å². The minimum atomic E-state index is -0.00826. The van der Waals surface area contributed by atoms with Crippen LogP contribution in [0, 0.1) is 25.7 Å². The molecule has 1 aromatic rings. The summed E-state index contributed by atoms with van der Waals surface area (Å²) in [6.07, 6.45) is 3.96. The van der Waals surface area contributed by atoms with E-state index in [1.807, 2.05) is 0 Å². The van der Waals surface area contributed by atoms with Gasteiger partial charge in [-0.05, 0) is 56.1 Å². The minimum absolute atomic E-state index is 0.00826. The van der Waals surface area contributed by atoms with Crippen molar-refractivity contribution in [2.24, 2.45) is 11.8 Å². The minimum Gasteiger partial charge on any atom is -0.354 e. The van der Waals surface area contributed by atoms with E-state index in [1.165, 1.54) is 23.1 Å². The van der Waals surface area contributed by atoms with Gasteiger partial charge in [0.1, 0.15) is 0 Å². The lowest BCUT2D eigenvalue weighted by Crippen LogP contribution is -2.66. The van der Waals surface area contributed by atoms with Gasteiger partial charge < -0.3 is 10.2 Å². The molecule has 0 aliphatic carbocycles. The number of nitrogens with one attached hydrogen (secondary N) is 1. The molecule has 1 aromatic carbocycles. The molecular formula is C23H33N3O2. The highest BCUT2D eigenvalue weighted by Crippen LogP contribution is 2.41. The molecule has 3 aliphatic rings. The number of fused-ring (bicyclic) bond motifs is 4. The first-order chi connectivity index (χ1) is 13.4. The molecule has 4 rings (SSSR count). The molecule has 3 aliphatic heterocycles. The van der Waals surface area contributed by atoms with Crippen LogP contribution in [-0.4, -0.2) is 53.3 Å². The number of hydrogen-bond donors (Lipinski definition) is 1. The van der Waals surface area contributed by atoms with Crippen LogP contribution in [0.15, 0.2) is 18.2 Å². The Morgan fingerprint density at radius 3 is 2.75 bits per heavy atom. The lowest BCUT2D eigenvalue weighted by Gasteiger charge is -2.56. The fourth-order valence-corrected chi connectivity index (χ4v) is 5.78. The second kappa shape index (κ2) is 7.86. The van der Waals surface area contributed by atoms with Crippen molar-refractivity contribution in [2.75, 3.05) is 19.6 Å². The Kier molecular flexibility index (Phi) is 5.46.